The fraction of sp³-hybridized carbons (Fsp3) is 0. The molecule has 0 fully saturated rings. The lowest BCUT2D eigenvalue weighted by molar-refractivity contribution is 0.512. The van der Waals surface area contributed by atoms with Crippen LogP contribution in [0.2, 0.25) is 0 Å². The van der Waals surface area contributed by atoms with Gasteiger partial charge >= 0.3 is 0 Å². The Kier molecular flexibility index (Phi) is 1.92. The molecule has 1 nitrogen and oxygen atoms in total. The first-order chi connectivity index (χ1) is 8.09. The van der Waals surface area contributed by atoms with Gasteiger partial charge in [0.05, 0.1) is 10.8 Å². The summed E-state index contributed by atoms with van der Waals surface area (Å²) in [5.74, 6) is -4.76. The Morgan fingerprint density at radius 3 is 1.47 bits per heavy atom. The van der Waals surface area contributed by atoms with E-state index in [0.29, 0.717) is 0 Å². The van der Waals surface area contributed by atoms with Crippen LogP contribution in [0.3, 0.4) is 0 Å². The van der Waals surface area contributed by atoms with Crippen LogP contribution in [0.1, 0.15) is 0 Å². The fourth-order valence-corrected chi connectivity index (χ4v) is 1.82. The van der Waals surface area contributed by atoms with E-state index in [9.17, 15) is 17.6 Å². The van der Waals surface area contributed by atoms with Crippen LogP contribution in [0.15, 0.2) is 28.7 Å². The molecule has 0 bridgehead atoms. The van der Waals surface area contributed by atoms with Crippen molar-refractivity contribution in [3.05, 3.63) is 47.5 Å². The molecule has 86 valence electrons. The van der Waals surface area contributed by atoms with E-state index in [1.54, 1.807) is 0 Å². The lowest BCUT2D eigenvalue weighted by Gasteiger charge is -1.96. The van der Waals surface area contributed by atoms with Crippen LogP contribution in [0.4, 0.5) is 17.6 Å². The maximum Gasteiger partial charge on any atom is 0.170 e. The van der Waals surface area contributed by atoms with Crippen LogP contribution in [-0.2, 0) is 0 Å². The summed E-state index contributed by atoms with van der Waals surface area (Å²) in [6.45, 7) is 0. The molecule has 5 heteroatoms. The van der Waals surface area contributed by atoms with E-state index in [0.717, 1.165) is 12.1 Å². The molecule has 0 saturated heterocycles. The molecule has 0 aliphatic heterocycles. The molecule has 0 N–H and O–H groups in total. The first-order valence-corrected chi connectivity index (χ1v) is 4.74. The molecule has 0 aliphatic rings. The van der Waals surface area contributed by atoms with Crippen LogP contribution < -0.4 is 0 Å². The number of halogens is 4. The maximum absolute atomic E-state index is 13.5. The standard InChI is InChI=1S/C12H4F4O/c13-5-1-3-7-9(11(5)15)10-8(17-7)4-2-6(14)12(10)16/h1-4H. The Morgan fingerprint density at radius 1 is 0.647 bits per heavy atom. The van der Waals surface area contributed by atoms with E-state index in [2.05, 4.69) is 0 Å². The van der Waals surface area contributed by atoms with Gasteiger partial charge in [-0.3, -0.25) is 0 Å². The highest BCUT2D eigenvalue weighted by molar-refractivity contribution is 6.05. The van der Waals surface area contributed by atoms with Gasteiger partial charge in [0.15, 0.2) is 23.3 Å². The highest BCUT2D eigenvalue weighted by Crippen LogP contribution is 2.34. The second-order valence-corrected chi connectivity index (χ2v) is 3.57. The van der Waals surface area contributed by atoms with E-state index in [-0.39, 0.29) is 21.9 Å². The molecular formula is C12H4F4O. The van der Waals surface area contributed by atoms with Gasteiger partial charge in [-0.2, -0.15) is 0 Å². The SMILES string of the molecule is Fc1ccc2oc3ccc(F)c(F)c3c2c1F. The van der Waals surface area contributed by atoms with Crippen LogP contribution in [0, 0.1) is 23.3 Å². The Hall–Kier alpha value is -2.04. The zero-order valence-corrected chi connectivity index (χ0v) is 8.23. The van der Waals surface area contributed by atoms with Gasteiger partial charge in [0.1, 0.15) is 11.2 Å². The van der Waals surface area contributed by atoms with Crippen LogP contribution in [0.25, 0.3) is 21.9 Å². The summed E-state index contributed by atoms with van der Waals surface area (Å²) >= 11 is 0. The average molecular weight is 240 g/mol. The first kappa shape index (κ1) is 10.1. The van der Waals surface area contributed by atoms with Gasteiger partial charge in [0, 0.05) is 0 Å². The van der Waals surface area contributed by atoms with Gasteiger partial charge in [0.25, 0.3) is 0 Å². The third kappa shape index (κ3) is 1.25. The second-order valence-electron chi connectivity index (χ2n) is 3.57. The molecule has 0 unspecified atom stereocenters. The Morgan fingerprint density at radius 2 is 1.06 bits per heavy atom. The summed E-state index contributed by atoms with van der Waals surface area (Å²) in [6, 6.07) is 4.08. The van der Waals surface area contributed by atoms with Crippen molar-refractivity contribution in [3.8, 4) is 0 Å². The molecule has 0 amide bonds. The summed E-state index contributed by atoms with van der Waals surface area (Å²) in [5, 5.41) is -0.756. The number of rotatable bonds is 0. The first-order valence-electron chi connectivity index (χ1n) is 4.74. The van der Waals surface area contributed by atoms with E-state index in [1.807, 2.05) is 0 Å². The number of hydrogen-bond donors (Lipinski definition) is 0. The maximum atomic E-state index is 13.5. The molecule has 1 heterocycles. The van der Waals surface area contributed by atoms with Gasteiger partial charge in [-0.05, 0) is 24.3 Å². The lowest BCUT2D eigenvalue weighted by atomic mass is 10.1. The van der Waals surface area contributed by atoms with Crippen molar-refractivity contribution in [2.45, 2.75) is 0 Å². The molecule has 0 atom stereocenters. The summed E-state index contributed by atoms with van der Waals surface area (Å²) in [5.41, 5.74) is -0.0493. The molecule has 0 aliphatic carbocycles. The number of fused-ring (bicyclic) bond motifs is 3. The van der Waals surface area contributed by atoms with Crippen molar-refractivity contribution < 1.29 is 22.0 Å². The zero-order chi connectivity index (χ0) is 12.2. The van der Waals surface area contributed by atoms with E-state index < -0.39 is 23.3 Å². The Labute approximate surface area is 92.3 Å². The minimum atomic E-state index is -1.24. The van der Waals surface area contributed by atoms with Crippen molar-refractivity contribution in [1.82, 2.24) is 0 Å². The van der Waals surface area contributed by atoms with Crippen LogP contribution in [-0.4, -0.2) is 0 Å². The third-order valence-corrected chi connectivity index (χ3v) is 2.58. The normalized spacial score (nSPS) is 11.5. The zero-order valence-electron chi connectivity index (χ0n) is 8.23. The quantitative estimate of drug-likeness (QED) is 0.538. The average Bonchev–Trinajstić information content (AvgIpc) is 2.69. The Balaban J connectivity index is 2.65. The highest BCUT2D eigenvalue weighted by atomic mass is 19.2. The summed E-state index contributed by atoms with van der Waals surface area (Å²) in [6.07, 6.45) is 0. The Bertz CT molecular complexity index is 683. The molecule has 0 radical (unpaired) electrons. The predicted molar refractivity (Wildman–Crippen MR) is 53.6 cm³/mol. The monoisotopic (exact) mass is 240 g/mol. The summed E-state index contributed by atoms with van der Waals surface area (Å²) in [4.78, 5) is 0. The van der Waals surface area contributed by atoms with Crippen molar-refractivity contribution in [1.29, 1.82) is 0 Å². The molecule has 3 rings (SSSR count). The van der Waals surface area contributed by atoms with Crippen molar-refractivity contribution in [2.75, 3.05) is 0 Å². The van der Waals surface area contributed by atoms with Gasteiger partial charge in [0.2, 0.25) is 0 Å². The van der Waals surface area contributed by atoms with Gasteiger partial charge in [-0.15, -0.1) is 0 Å². The van der Waals surface area contributed by atoms with Crippen molar-refractivity contribution >= 4 is 21.9 Å². The van der Waals surface area contributed by atoms with Crippen LogP contribution >= 0.6 is 0 Å². The van der Waals surface area contributed by atoms with Crippen molar-refractivity contribution in [2.24, 2.45) is 0 Å². The molecule has 17 heavy (non-hydrogen) atoms. The minimum absolute atomic E-state index is 0.0246. The van der Waals surface area contributed by atoms with E-state index >= 15 is 0 Å². The van der Waals surface area contributed by atoms with Gasteiger partial charge in [-0.25, -0.2) is 17.6 Å². The molecule has 2 aromatic carbocycles. The van der Waals surface area contributed by atoms with E-state index in [4.69, 9.17) is 4.42 Å². The van der Waals surface area contributed by atoms with Gasteiger partial charge in [-0.1, -0.05) is 0 Å². The highest BCUT2D eigenvalue weighted by Gasteiger charge is 2.19. The number of benzene rings is 2. The lowest BCUT2D eigenvalue weighted by Crippen LogP contribution is -1.87. The topological polar surface area (TPSA) is 13.1 Å². The number of hydrogen-bond acceptors (Lipinski definition) is 1. The summed E-state index contributed by atoms with van der Waals surface area (Å²) in [7, 11) is 0. The minimum Gasteiger partial charge on any atom is -0.456 e. The molecular weight excluding hydrogens is 236 g/mol. The molecule has 0 saturated carbocycles. The van der Waals surface area contributed by atoms with Gasteiger partial charge < -0.3 is 4.42 Å². The second kappa shape index (κ2) is 3.23. The number of furan rings is 1. The predicted octanol–water partition coefficient (Wildman–Crippen LogP) is 4.14. The fourth-order valence-electron chi connectivity index (χ4n) is 1.82. The largest absolute Gasteiger partial charge is 0.456 e. The smallest absolute Gasteiger partial charge is 0.170 e. The summed E-state index contributed by atoms with van der Waals surface area (Å²) < 4.78 is 58.3. The molecule has 1 aromatic heterocycles. The molecule has 0 spiro atoms. The third-order valence-electron chi connectivity index (χ3n) is 2.58. The molecule has 3 aromatic rings. The van der Waals surface area contributed by atoms with Crippen LogP contribution in [0.5, 0.6) is 0 Å². The van der Waals surface area contributed by atoms with E-state index in [1.165, 1.54) is 12.1 Å². The van der Waals surface area contributed by atoms with Crippen molar-refractivity contribution in [3.63, 3.8) is 0 Å².